The molecule has 1 aromatic heterocycles. The lowest BCUT2D eigenvalue weighted by molar-refractivity contribution is 0.191. The molecule has 1 unspecified atom stereocenters. The molecule has 1 rings (SSSR count). The van der Waals surface area contributed by atoms with Crippen molar-refractivity contribution in [2.45, 2.75) is 19.4 Å². The molecule has 1 atom stereocenters. The largest absolute Gasteiger partial charge is 0.385 e. The molecule has 0 radical (unpaired) electrons. The highest BCUT2D eigenvalue weighted by Crippen LogP contribution is 1.98. The summed E-state index contributed by atoms with van der Waals surface area (Å²) < 4.78 is 4.93. The molecular formula is C9H15N3O2. The van der Waals surface area contributed by atoms with Crippen molar-refractivity contribution in [2.24, 2.45) is 0 Å². The van der Waals surface area contributed by atoms with Crippen LogP contribution in [0.1, 0.15) is 13.3 Å². The first-order chi connectivity index (χ1) is 6.74. The Bertz CT molecular complexity index is 324. The first-order valence-electron chi connectivity index (χ1n) is 4.53. The fraction of sp³-hybridized carbons (Fsp3) is 0.556. The van der Waals surface area contributed by atoms with Gasteiger partial charge < -0.3 is 15.0 Å². The molecule has 5 nitrogen and oxygen atoms in total. The highest BCUT2D eigenvalue weighted by molar-refractivity contribution is 5.31. The van der Waals surface area contributed by atoms with Crippen LogP contribution in [0.3, 0.4) is 0 Å². The summed E-state index contributed by atoms with van der Waals surface area (Å²) in [6.07, 6.45) is 3.90. The van der Waals surface area contributed by atoms with E-state index in [1.54, 1.807) is 13.3 Å². The number of aromatic nitrogens is 2. The van der Waals surface area contributed by atoms with E-state index in [1.807, 2.05) is 6.92 Å². The predicted molar refractivity (Wildman–Crippen MR) is 54.4 cm³/mol. The molecule has 2 N–H and O–H groups in total. The van der Waals surface area contributed by atoms with E-state index < -0.39 is 0 Å². The number of nitrogens with zero attached hydrogens (tertiary/aromatic N) is 1. The predicted octanol–water partition coefficient (Wildman–Crippen LogP) is 0.607. The van der Waals surface area contributed by atoms with E-state index in [0.29, 0.717) is 12.4 Å². The minimum absolute atomic E-state index is 0.172. The second-order valence-corrected chi connectivity index (χ2v) is 3.09. The summed E-state index contributed by atoms with van der Waals surface area (Å²) in [5.41, 5.74) is -0.197. The first kappa shape index (κ1) is 10.7. The van der Waals surface area contributed by atoms with E-state index >= 15 is 0 Å². The number of aromatic amines is 1. The molecule has 0 fully saturated rings. The molecule has 14 heavy (non-hydrogen) atoms. The van der Waals surface area contributed by atoms with Gasteiger partial charge >= 0.3 is 0 Å². The van der Waals surface area contributed by atoms with Crippen LogP contribution in [-0.2, 0) is 4.74 Å². The summed E-state index contributed by atoms with van der Waals surface area (Å²) in [5, 5.41) is 3.01. The SMILES string of the molecule is COCCC(C)Nc1ncc[nH]c1=O. The van der Waals surface area contributed by atoms with Crippen molar-refractivity contribution in [1.82, 2.24) is 9.97 Å². The van der Waals surface area contributed by atoms with Gasteiger partial charge in [0.25, 0.3) is 5.56 Å². The third-order valence-electron chi connectivity index (χ3n) is 1.85. The zero-order chi connectivity index (χ0) is 10.4. The van der Waals surface area contributed by atoms with Gasteiger partial charge in [-0.25, -0.2) is 4.98 Å². The highest BCUT2D eigenvalue weighted by atomic mass is 16.5. The Kier molecular flexibility index (Phi) is 4.12. The van der Waals surface area contributed by atoms with Crippen molar-refractivity contribution in [3.8, 4) is 0 Å². The molecule has 1 heterocycles. The van der Waals surface area contributed by atoms with Crippen LogP contribution in [0, 0.1) is 0 Å². The van der Waals surface area contributed by atoms with Crippen LogP contribution in [0.25, 0.3) is 0 Å². The molecule has 0 aliphatic rings. The van der Waals surface area contributed by atoms with Crippen LogP contribution in [0.15, 0.2) is 17.2 Å². The summed E-state index contributed by atoms with van der Waals surface area (Å²) in [6.45, 7) is 2.64. The molecule has 5 heteroatoms. The Balaban J connectivity index is 2.52. The van der Waals surface area contributed by atoms with Gasteiger partial charge in [0.05, 0.1) is 0 Å². The Hall–Kier alpha value is -1.36. The van der Waals surface area contributed by atoms with E-state index in [2.05, 4.69) is 15.3 Å². The molecule has 0 amide bonds. The zero-order valence-electron chi connectivity index (χ0n) is 8.41. The fourth-order valence-corrected chi connectivity index (χ4v) is 1.05. The van der Waals surface area contributed by atoms with Gasteiger partial charge in [0.2, 0.25) is 0 Å². The summed E-state index contributed by atoms with van der Waals surface area (Å²) >= 11 is 0. The summed E-state index contributed by atoms with van der Waals surface area (Å²) in [5.74, 6) is 0.358. The Morgan fingerprint density at radius 3 is 3.14 bits per heavy atom. The molecule has 0 spiro atoms. The fourth-order valence-electron chi connectivity index (χ4n) is 1.05. The zero-order valence-corrected chi connectivity index (χ0v) is 8.41. The van der Waals surface area contributed by atoms with Crippen LogP contribution < -0.4 is 10.9 Å². The van der Waals surface area contributed by atoms with Gasteiger partial charge in [-0.2, -0.15) is 0 Å². The number of ether oxygens (including phenoxy) is 1. The molecule has 0 aromatic carbocycles. The minimum atomic E-state index is -0.197. The van der Waals surface area contributed by atoms with Gasteiger partial charge in [-0.3, -0.25) is 4.79 Å². The number of methoxy groups -OCH3 is 1. The minimum Gasteiger partial charge on any atom is -0.385 e. The number of nitrogens with one attached hydrogen (secondary N) is 2. The quantitative estimate of drug-likeness (QED) is 0.725. The van der Waals surface area contributed by atoms with Crippen LogP contribution in [0.4, 0.5) is 5.82 Å². The maximum absolute atomic E-state index is 11.2. The maximum atomic E-state index is 11.2. The monoisotopic (exact) mass is 197 g/mol. The number of H-pyrrole nitrogens is 1. The molecule has 0 bridgehead atoms. The van der Waals surface area contributed by atoms with E-state index in [0.717, 1.165) is 6.42 Å². The maximum Gasteiger partial charge on any atom is 0.290 e. The smallest absolute Gasteiger partial charge is 0.290 e. The highest BCUT2D eigenvalue weighted by Gasteiger charge is 2.04. The van der Waals surface area contributed by atoms with Crippen molar-refractivity contribution in [1.29, 1.82) is 0 Å². The average Bonchev–Trinajstić information content (AvgIpc) is 2.18. The van der Waals surface area contributed by atoms with E-state index in [1.165, 1.54) is 6.20 Å². The molecule has 0 saturated heterocycles. The van der Waals surface area contributed by atoms with E-state index in [4.69, 9.17) is 4.74 Å². The number of anilines is 1. The van der Waals surface area contributed by atoms with Crippen molar-refractivity contribution in [2.75, 3.05) is 19.0 Å². The lowest BCUT2D eigenvalue weighted by Gasteiger charge is -2.12. The lowest BCUT2D eigenvalue weighted by atomic mass is 10.2. The molecule has 78 valence electrons. The van der Waals surface area contributed by atoms with Crippen molar-refractivity contribution in [3.05, 3.63) is 22.7 Å². The van der Waals surface area contributed by atoms with Crippen molar-refractivity contribution >= 4 is 5.82 Å². The first-order valence-corrected chi connectivity index (χ1v) is 4.53. The van der Waals surface area contributed by atoms with Gasteiger partial charge in [-0.05, 0) is 13.3 Å². The van der Waals surface area contributed by atoms with Crippen LogP contribution >= 0.6 is 0 Å². The van der Waals surface area contributed by atoms with Crippen LogP contribution in [0.2, 0.25) is 0 Å². The summed E-state index contributed by atoms with van der Waals surface area (Å²) in [7, 11) is 1.65. The molecule has 1 aromatic rings. The normalized spacial score (nSPS) is 12.4. The van der Waals surface area contributed by atoms with Crippen LogP contribution in [0.5, 0.6) is 0 Å². The number of rotatable bonds is 5. The molecule has 0 aliphatic carbocycles. The van der Waals surface area contributed by atoms with Gasteiger partial charge in [-0.15, -0.1) is 0 Å². The molecule has 0 aliphatic heterocycles. The van der Waals surface area contributed by atoms with Crippen molar-refractivity contribution in [3.63, 3.8) is 0 Å². The van der Waals surface area contributed by atoms with E-state index in [-0.39, 0.29) is 11.6 Å². The summed E-state index contributed by atoms with van der Waals surface area (Å²) in [6, 6.07) is 0.172. The van der Waals surface area contributed by atoms with Crippen LogP contribution in [-0.4, -0.2) is 29.7 Å². The second kappa shape index (κ2) is 5.39. The van der Waals surface area contributed by atoms with Gasteiger partial charge in [0, 0.05) is 32.2 Å². The van der Waals surface area contributed by atoms with Gasteiger partial charge in [-0.1, -0.05) is 0 Å². The Morgan fingerprint density at radius 2 is 2.50 bits per heavy atom. The molecule has 0 saturated carbocycles. The Labute approximate surface area is 82.5 Å². The second-order valence-electron chi connectivity index (χ2n) is 3.09. The lowest BCUT2D eigenvalue weighted by Crippen LogP contribution is -2.23. The van der Waals surface area contributed by atoms with E-state index in [9.17, 15) is 4.79 Å². The van der Waals surface area contributed by atoms with Gasteiger partial charge in [0.15, 0.2) is 5.82 Å². The Morgan fingerprint density at radius 1 is 1.71 bits per heavy atom. The van der Waals surface area contributed by atoms with Gasteiger partial charge in [0.1, 0.15) is 0 Å². The number of hydrogen-bond donors (Lipinski definition) is 2. The third-order valence-corrected chi connectivity index (χ3v) is 1.85. The standard InChI is InChI=1S/C9H15N3O2/c1-7(3-6-14-2)12-8-9(13)11-5-4-10-8/h4-5,7H,3,6H2,1-2H3,(H,10,12)(H,11,13). The summed E-state index contributed by atoms with van der Waals surface area (Å²) in [4.78, 5) is 17.7. The topological polar surface area (TPSA) is 67.0 Å². The van der Waals surface area contributed by atoms with Crippen molar-refractivity contribution < 1.29 is 4.74 Å². The third kappa shape index (κ3) is 3.18. The molecular weight excluding hydrogens is 182 g/mol. The number of hydrogen-bond acceptors (Lipinski definition) is 4. The average molecular weight is 197 g/mol.